The van der Waals surface area contributed by atoms with Crippen LogP contribution in [0.25, 0.3) is 27.6 Å². The standard InChI is InChI=1S/C37H41ClF4N8O4S/c1-21-16-28(23-6-8-37(41,42)9-7-23)44-33-30(21)36(51)50(35(45-33)27(43)19-22-17-24(39)20-25(40)18-22)29-5-4-26(38)31-32(29)49(46-34(31)47-55(2,52)53)11-3-10-48-12-14-54-15-13-48/h4-5,16-18,20,23,27H,3,6-15,19,43H2,1-2H3,(H,46,47)/t27-/m0/s1. The molecule has 7 rings (SSSR count). The predicted molar refractivity (Wildman–Crippen MR) is 202 cm³/mol. The first-order valence-corrected chi connectivity index (χ1v) is 20.3. The molecule has 1 atom stereocenters. The Morgan fingerprint density at radius 1 is 1.04 bits per heavy atom. The van der Waals surface area contributed by atoms with Crippen molar-refractivity contribution in [3.05, 3.63) is 86.1 Å². The van der Waals surface area contributed by atoms with Crippen LogP contribution >= 0.6 is 11.6 Å². The van der Waals surface area contributed by atoms with Crippen molar-refractivity contribution in [2.45, 2.75) is 69.9 Å². The molecule has 0 unspecified atom stereocenters. The van der Waals surface area contributed by atoms with E-state index in [1.54, 1.807) is 23.7 Å². The number of nitrogens with one attached hydrogen (secondary N) is 1. The van der Waals surface area contributed by atoms with Crippen LogP contribution in [0, 0.1) is 18.6 Å². The molecular formula is C37H41ClF4N8O4S. The van der Waals surface area contributed by atoms with Gasteiger partial charge in [0.05, 0.1) is 52.5 Å². The fourth-order valence-corrected chi connectivity index (χ4v) is 8.36. The van der Waals surface area contributed by atoms with Crippen molar-refractivity contribution in [3.8, 4) is 5.69 Å². The molecule has 294 valence electrons. The van der Waals surface area contributed by atoms with Crippen LogP contribution in [0.15, 0.2) is 41.2 Å². The number of nitrogens with two attached hydrogens (primary N) is 1. The van der Waals surface area contributed by atoms with Crippen LogP contribution in [0.5, 0.6) is 0 Å². The number of aromatic nitrogens is 5. The van der Waals surface area contributed by atoms with Crippen LogP contribution in [0.1, 0.15) is 66.7 Å². The molecule has 0 spiro atoms. The second-order valence-corrected chi connectivity index (χ2v) is 16.6. The second-order valence-electron chi connectivity index (χ2n) is 14.4. The molecule has 5 aromatic rings. The number of hydrogen-bond donors (Lipinski definition) is 2. The summed E-state index contributed by atoms with van der Waals surface area (Å²) in [7, 11) is -3.83. The largest absolute Gasteiger partial charge is 0.379 e. The molecule has 4 heterocycles. The number of aryl methyl sites for hydroxylation is 2. The molecule has 1 saturated heterocycles. The highest BCUT2D eigenvalue weighted by Gasteiger charge is 2.36. The van der Waals surface area contributed by atoms with Crippen molar-refractivity contribution >= 4 is 49.4 Å². The molecule has 55 heavy (non-hydrogen) atoms. The lowest BCUT2D eigenvalue weighted by atomic mass is 9.84. The number of hydrogen-bond acceptors (Lipinski definition) is 9. The van der Waals surface area contributed by atoms with Gasteiger partial charge in [0, 0.05) is 56.7 Å². The number of sulfonamides is 1. The molecule has 18 heteroatoms. The summed E-state index contributed by atoms with van der Waals surface area (Å²) in [5.74, 6) is -4.69. The lowest BCUT2D eigenvalue weighted by Gasteiger charge is -2.28. The molecule has 2 aromatic carbocycles. The summed E-state index contributed by atoms with van der Waals surface area (Å²) in [5, 5.41) is 5.17. The molecule has 1 saturated carbocycles. The van der Waals surface area contributed by atoms with E-state index in [0.29, 0.717) is 49.5 Å². The zero-order chi connectivity index (χ0) is 39.2. The van der Waals surface area contributed by atoms with Crippen molar-refractivity contribution < 1.29 is 30.7 Å². The van der Waals surface area contributed by atoms with E-state index in [0.717, 1.165) is 37.5 Å². The number of halogens is 5. The van der Waals surface area contributed by atoms with Gasteiger partial charge in [-0.1, -0.05) is 11.6 Å². The molecule has 2 fully saturated rings. The predicted octanol–water partition coefficient (Wildman–Crippen LogP) is 6.00. The minimum atomic E-state index is -3.83. The van der Waals surface area contributed by atoms with E-state index < -0.39 is 39.2 Å². The van der Waals surface area contributed by atoms with Crippen LogP contribution in [0.3, 0.4) is 0 Å². The van der Waals surface area contributed by atoms with Crippen LogP contribution in [0.2, 0.25) is 5.02 Å². The first-order valence-electron chi connectivity index (χ1n) is 18.1. The Morgan fingerprint density at radius 3 is 2.40 bits per heavy atom. The molecule has 1 aliphatic carbocycles. The Morgan fingerprint density at radius 2 is 1.73 bits per heavy atom. The number of fused-ring (bicyclic) bond motifs is 2. The van der Waals surface area contributed by atoms with Gasteiger partial charge in [-0.15, -0.1) is 0 Å². The van der Waals surface area contributed by atoms with Crippen molar-refractivity contribution in [3.63, 3.8) is 0 Å². The lowest BCUT2D eigenvalue weighted by Crippen LogP contribution is -2.37. The van der Waals surface area contributed by atoms with Gasteiger partial charge in [-0.3, -0.25) is 23.7 Å². The average Bonchev–Trinajstić information content (AvgIpc) is 3.45. The number of nitrogens with zero attached hydrogens (tertiary/aromatic N) is 6. The fraction of sp³-hybridized carbons (Fsp3) is 0.459. The van der Waals surface area contributed by atoms with Gasteiger partial charge in [-0.25, -0.2) is 35.9 Å². The van der Waals surface area contributed by atoms with Crippen molar-refractivity contribution in [2.24, 2.45) is 5.73 Å². The molecule has 2 aliphatic rings. The van der Waals surface area contributed by atoms with Crippen molar-refractivity contribution in [1.29, 1.82) is 0 Å². The number of pyridine rings is 1. The van der Waals surface area contributed by atoms with Gasteiger partial charge in [-0.2, -0.15) is 5.10 Å². The normalized spacial score (nSPS) is 17.6. The van der Waals surface area contributed by atoms with Gasteiger partial charge >= 0.3 is 0 Å². The Balaban J connectivity index is 1.43. The van der Waals surface area contributed by atoms with E-state index >= 15 is 0 Å². The van der Waals surface area contributed by atoms with E-state index in [1.807, 2.05) is 0 Å². The third-order valence-corrected chi connectivity index (χ3v) is 11.1. The monoisotopic (exact) mass is 804 g/mol. The van der Waals surface area contributed by atoms with E-state index in [9.17, 15) is 30.8 Å². The number of morpholine rings is 1. The minimum Gasteiger partial charge on any atom is -0.379 e. The summed E-state index contributed by atoms with van der Waals surface area (Å²) in [6.45, 7) is 5.46. The smallest absolute Gasteiger partial charge is 0.268 e. The van der Waals surface area contributed by atoms with Crippen LogP contribution < -0.4 is 16.0 Å². The maximum atomic E-state index is 14.9. The van der Waals surface area contributed by atoms with Gasteiger partial charge in [0.15, 0.2) is 11.5 Å². The first kappa shape index (κ1) is 39.1. The highest BCUT2D eigenvalue weighted by atomic mass is 35.5. The molecule has 3 aromatic heterocycles. The fourth-order valence-electron chi connectivity index (χ4n) is 7.62. The zero-order valence-corrected chi connectivity index (χ0v) is 31.9. The molecule has 12 nitrogen and oxygen atoms in total. The molecule has 3 N–H and O–H groups in total. The van der Waals surface area contributed by atoms with E-state index in [-0.39, 0.29) is 82.4 Å². The summed E-state index contributed by atoms with van der Waals surface area (Å²) < 4.78 is 92.6. The van der Waals surface area contributed by atoms with E-state index in [4.69, 9.17) is 32.0 Å². The highest BCUT2D eigenvalue weighted by molar-refractivity contribution is 7.92. The summed E-state index contributed by atoms with van der Waals surface area (Å²) in [5.41, 5.74) is 8.08. The summed E-state index contributed by atoms with van der Waals surface area (Å²) in [6, 6.07) is 6.70. The number of anilines is 1. The summed E-state index contributed by atoms with van der Waals surface area (Å²) in [6.07, 6.45) is 1.30. The number of alkyl halides is 2. The Hall–Kier alpha value is -4.16. The maximum absolute atomic E-state index is 14.9. The number of rotatable bonds is 11. The van der Waals surface area contributed by atoms with Crippen LogP contribution in [0.4, 0.5) is 23.4 Å². The Kier molecular flexibility index (Phi) is 11.0. The molecule has 0 radical (unpaired) electrons. The topological polar surface area (TPSA) is 150 Å². The molecular weight excluding hydrogens is 764 g/mol. The maximum Gasteiger partial charge on any atom is 0.268 e. The summed E-state index contributed by atoms with van der Waals surface area (Å²) >= 11 is 6.76. The van der Waals surface area contributed by atoms with Gasteiger partial charge in [0.1, 0.15) is 17.5 Å². The highest BCUT2D eigenvalue weighted by Crippen LogP contribution is 2.41. The third-order valence-electron chi connectivity index (χ3n) is 10.2. The number of benzene rings is 2. The Bertz CT molecular complexity index is 2410. The van der Waals surface area contributed by atoms with Crippen molar-refractivity contribution in [1.82, 2.24) is 29.2 Å². The van der Waals surface area contributed by atoms with Gasteiger partial charge in [0.2, 0.25) is 15.9 Å². The number of ether oxygens (including phenoxy) is 1. The molecule has 0 bridgehead atoms. The first-order chi connectivity index (χ1) is 26.1. The lowest BCUT2D eigenvalue weighted by molar-refractivity contribution is -0.0384. The van der Waals surface area contributed by atoms with Gasteiger partial charge in [-0.05, 0) is 74.1 Å². The van der Waals surface area contributed by atoms with Crippen LogP contribution in [-0.2, 0) is 27.7 Å². The molecule has 1 aliphatic heterocycles. The summed E-state index contributed by atoms with van der Waals surface area (Å²) in [4.78, 5) is 26.7. The minimum absolute atomic E-state index is 0.0105. The SMILES string of the molecule is Cc1cc(C2CCC(F)(F)CC2)nc2nc([C@@H](N)Cc3cc(F)cc(F)c3)n(-c3ccc(Cl)c4c(NS(C)(=O)=O)nn(CCCN5CCOCC5)c34)c(=O)c12. The zero-order valence-electron chi connectivity index (χ0n) is 30.3. The Labute approximate surface area is 319 Å². The van der Waals surface area contributed by atoms with Crippen LogP contribution in [-0.4, -0.2) is 82.7 Å². The third kappa shape index (κ3) is 8.50. The van der Waals surface area contributed by atoms with Gasteiger partial charge in [0.25, 0.3) is 5.56 Å². The molecule has 0 amide bonds. The average molecular weight is 805 g/mol. The quantitative estimate of drug-likeness (QED) is 0.153. The van der Waals surface area contributed by atoms with E-state index in [2.05, 4.69) is 14.7 Å². The van der Waals surface area contributed by atoms with Gasteiger partial charge < -0.3 is 10.5 Å². The van der Waals surface area contributed by atoms with Crippen molar-refractivity contribution in [2.75, 3.05) is 43.8 Å². The van der Waals surface area contributed by atoms with E-state index in [1.165, 1.54) is 10.6 Å². The second kappa shape index (κ2) is 15.4.